The number of ether oxygens (including phenoxy) is 1. The van der Waals surface area contributed by atoms with Gasteiger partial charge in [0.1, 0.15) is 5.78 Å². The van der Waals surface area contributed by atoms with Gasteiger partial charge >= 0.3 is 0 Å². The Hall–Kier alpha value is -0.370. The zero-order chi connectivity index (χ0) is 5.11. The molecular formula is C6H12O2. The molecule has 0 saturated carbocycles. The number of hydrogen-bond acceptors (Lipinski definition) is 2. The summed E-state index contributed by atoms with van der Waals surface area (Å²) in [5, 5.41) is 0. The van der Waals surface area contributed by atoms with E-state index in [1.165, 1.54) is 0 Å². The van der Waals surface area contributed by atoms with Crippen LogP contribution in [-0.4, -0.2) is 19.0 Å². The summed E-state index contributed by atoms with van der Waals surface area (Å²) in [6, 6.07) is 0. The molecule has 0 atom stereocenters. The van der Waals surface area contributed by atoms with Crippen LogP contribution in [0.1, 0.15) is 20.3 Å². The molecule has 1 fully saturated rings. The molecular weight excluding hydrogens is 104 g/mol. The first kappa shape index (κ1) is 7.63. The second-order valence-corrected chi connectivity index (χ2v) is 1.65. The maximum absolute atomic E-state index is 10.4. The van der Waals surface area contributed by atoms with Crippen molar-refractivity contribution in [3.05, 3.63) is 0 Å². The standard InChI is InChI=1S/C5H8O2.CH4/c6-5-1-3-7-4-2-5;/h1-4H2;1H4. The van der Waals surface area contributed by atoms with Crippen LogP contribution >= 0.6 is 0 Å². The van der Waals surface area contributed by atoms with Gasteiger partial charge in [0, 0.05) is 12.8 Å². The van der Waals surface area contributed by atoms with Crippen molar-refractivity contribution in [2.24, 2.45) is 0 Å². The van der Waals surface area contributed by atoms with E-state index in [4.69, 9.17) is 4.74 Å². The first-order valence-electron chi connectivity index (χ1n) is 2.49. The fourth-order valence-corrected chi connectivity index (χ4v) is 0.599. The van der Waals surface area contributed by atoms with Crippen LogP contribution in [0.2, 0.25) is 0 Å². The van der Waals surface area contributed by atoms with Crippen molar-refractivity contribution < 1.29 is 9.53 Å². The van der Waals surface area contributed by atoms with Crippen molar-refractivity contribution in [1.29, 1.82) is 0 Å². The maximum atomic E-state index is 10.4. The van der Waals surface area contributed by atoms with Crippen LogP contribution in [0.4, 0.5) is 0 Å². The molecule has 1 aliphatic heterocycles. The summed E-state index contributed by atoms with van der Waals surface area (Å²) in [7, 11) is 0. The van der Waals surface area contributed by atoms with Gasteiger partial charge in [-0.05, 0) is 0 Å². The van der Waals surface area contributed by atoms with Gasteiger partial charge in [0.05, 0.1) is 13.2 Å². The average Bonchev–Trinajstić information content (AvgIpc) is 1.69. The molecule has 0 aromatic rings. The fourth-order valence-electron chi connectivity index (χ4n) is 0.599. The first-order valence-corrected chi connectivity index (χ1v) is 2.49. The number of Topliss-reactive ketones (excluding diaryl/α,β-unsaturated/α-hetero) is 1. The minimum absolute atomic E-state index is 0. The van der Waals surface area contributed by atoms with Crippen molar-refractivity contribution in [1.82, 2.24) is 0 Å². The highest BCUT2D eigenvalue weighted by molar-refractivity contribution is 5.78. The van der Waals surface area contributed by atoms with Gasteiger partial charge in [-0.3, -0.25) is 4.79 Å². The maximum Gasteiger partial charge on any atom is 0.137 e. The second kappa shape index (κ2) is 3.61. The molecule has 1 rings (SSSR count). The predicted octanol–water partition coefficient (Wildman–Crippen LogP) is 1.00. The Morgan fingerprint density at radius 3 is 2.00 bits per heavy atom. The number of carbonyl (C=O) groups excluding carboxylic acids is 1. The quantitative estimate of drug-likeness (QED) is 0.472. The fraction of sp³-hybridized carbons (Fsp3) is 0.833. The van der Waals surface area contributed by atoms with Gasteiger partial charge in [-0.1, -0.05) is 7.43 Å². The highest BCUT2D eigenvalue weighted by atomic mass is 16.5. The Bertz CT molecular complexity index is 70.6. The normalized spacial score (nSPS) is 19.8. The van der Waals surface area contributed by atoms with Gasteiger partial charge in [0.25, 0.3) is 0 Å². The zero-order valence-corrected chi connectivity index (χ0v) is 4.14. The third kappa shape index (κ3) is 2.07. The van der Waals surface area contributed by atoms with Crippen LogP contribution in [0.15, 0.2) is 0 Å². The highest BCUT2D eigenvalue weighted by Gasteiger charge is 2.06. The highest BCUT2D eigenvalue weighted by Crippen LogP contribution is 1.98. The largest absolute Gasteiger partial charge is 0.381 e. The van der Waals surface area contributed by atoms with Gasteiger partial charge < -0.3 is 4.74 Å². The summed E-state index contributed by atoms with van der Waals surface area (Å²) in [5.74, 6) is 0.339. The van der Waals surface area contributed by atoms with Gasteiger partial charge in [-0.15, -0.1) is 0 Å². The molecule has 2 heteroatoms. The molecule has 0 amide bonds. The molecule has 0 aromatic carbocycles. The van der Waals surface area contributed by atoms with Crippen LogP contribution < -0.4 is 0 Å². The van der Waals surface area contributed by atoms with Crippen molar-refractivity contribution >= 4 is 5.78 Å². The molecule has 0 aromatic heterocycles. The predicted molar refractivity (Wildman–Crippen MR) is 31.8 cm³/mol. The minimum Gasteiger partial charge on any atom is -0.381 e. The summed E-state index contributed by atoms with van der Waals surface area (Å²) in [6.45, 7) is 1.28. The van der Waals surface area contributed by atoms with Crippen LogP contribution in [0.25, 0.3) is 0 Å². The summed E-state index contributed by atoms with van der Waals surface area (Å²) >= 11 is 0. The third-order valence-electron chi connectivity index (χ3n) is 1.05. The molecule has 1 heterocycles. The number of carbonyl (C=O) groups is 1. The lowest BCUT2D eigenvalue weighted by Crippen LogP contribution is -2.14. The lowest BCUT2D eigenvalue weighted by Gasteiger charge is -2.07. The number of ketones is 1. The van der Waals surface area contributed by atoms with Crippen LogP contribution in [0, 0.1) is 0 Å². The molecule has 8 heavy (non-hydrogen) atoms. The third-order valence-corrected chi connectivity index (χ3v) is 1.05. The molecule has 0 spiro atoms. The molecule has 2 nitrogen and oxygen atoms in total. The monoisotopic (exact) mass is 116 g/mol. The Labute approximate surface area is 49.8 Å². The average molecular weight is 116 g/mol. The molecule has 1 saturated heterocycles. The molecule has 0 radical (unpaired) electrons. The van der Waals surface area contributed by atoms with E-state index in [-0.39, 0.29) is 7.43 Å². The van der Waals surface area contributed by atoms with Gasteiger partial charge in [-0.2, -0.15) is 0 Å². The van der Waals surface area contributed by atoms with E-state index in [9.17, 15) is 4.79 Å². The van der Waals surface area contributed by atoms with E-state index in [1.807, 2.05) is 0 Å². The minimum atomic E-state index is 0. The van der Waals surface area contributed by atoms with Crippen LogP contribution in [-0.2, 0) is 9.53 Å². The molecule has 48 valence electrons. The summed E-state index contributed by atoms with van der Waals surface area (Å²) in [5.41, 5.74) is 0. The van der Waals surface area contributed by atoms with Crippen LogP contribution in [0.3, 0.4) is 0 Å². The van der Waals surface area contributed by atoms with Crippen molar-refractivity contribution in [3.63, 3.8) is 0 Å². The topological polar surface area (TPSA) is 26.3 Å². The molecule has 0 N–H and O–H groups in total. The van der Waals surface area contributed by atoms with E-state index >= 15 is 0 Å². The SMILES string of the molecule is C.O=C1CCOCC1. The smallest absolute Gasteiger partial charge is 0.137 e. The van der Waals surface area contributed by atoms with Gasteiger partial charge in [-0.25, -0.2) is 0 Å². The van der Waals surface area contributed by atoms with E-state index in [1.54, 1.807) is 0 Å². The first-order chi connectivity index (χ1) is 3.39. The number of hydrogen-bond donors (Lipinski definition) is 0. The molecule has 1 aliphatic rings. The van der Waals surface area contributed by atoms with E-state index in [0.29, 0.717) is 31.8 Å². The van der Waals surface area contributed by atoms with Crippen LogP contribution in [0.5, 0.6) is 0 Å². The summed E-state index contributed by atoms with van der Waals surface area (Å²) < 4.78 is 4.92. The van der Waals surface area contributed by atoms with Crippen molar-refractivity contribution in [2.45, 2.75) is 20.3 Å². The van der Waals surface area contributed by atoms with Gasteiger partial charge in [0.15, 0.2) is 0 Å². The number of rotatable bonds is 0. The van der Waals surface area contributed by atoms with E-state index in [2.05, 4.69) is 0 Å². The van der Waals surface area contributed by atoms with Gasteiger partial charge in [0.2, 0.25) is 0 Å². The Morgan fingerprint density at radius 1 is 1.25 bits per heavy atom. The van der Waals surface area contributed by atoms with E-state index in [0.717, 1.165) is 0 Å². The molecule has 0 aliphatic carbocycles. The summed E-state index contributed by atoms with van der Waals surface area (Å²) in [4.78, 5) is 10.4. The molecule has 0 bridgehead atoms. The lowest BCUT2D eigenvalue weighted by molar-refractivity contribution is -0.124. The van der Waals surface area contributed by atoms with E-state index < -0.39 is 0 Å². The van der Waals surface area contributed by atoms with Crippen molar-refractivity contribution in [3.8, 4) is 0 Å². The second-order valence-electron chi connectivity index (χ2n) is 1.65. The Morgan fingerprint density at radius 2 is 1.75 bits per heavy atom. The molecule has 0 unspecified atom stereocenters. The Kier molecular flexibility index (Phi) is 3.44. The Balaban J connectivity index is 0.000000490. The zero-order valence-electron chi connectivity index (χ0n) is 4.14. The summed E-state index contributed by atoms with van der Waals surface area (Å²) in [6.07, 6.45) is 1.25. The lowest BCUT2D eigenvalue weighted by atomic mass is 10.2. The van der Waals surface area contributed by atoms with Crippen molar-refractivity contribution in [2.75, 3.05) is 13.2 Å².